The number of thioether (sulfide) groups is 2. The van der Waals surface area contributed by atoms with Crippen LogP contribution in [0.4, 0.5) is 0 Å². The van der Waals surface area contributed by atoms with Crippen molar-refractivity contribution in [2.75, 3.05) is 30.3 Å². The molecule has 5 heteroatoms. The van der Waals surface area contributed by atoms with Gasteiger partial charge in [0.2, 0.25) is 5.91 Å². The van der Waals surface area contributed by atoms with E-state index in [0.29, 0.717) is 18.0 Å². The highest BCUT2D eigenvalue weighted by Crippen LogP contribution is 2.26. The summed E-state index contributed by atoms with van der Waals surface area (Å²) in [6.45, 7) is 3.65. The molecule has 0 aromatic carbocycles. The van der Waals surface area contributed by atoms with Crippen LogP contribution in [0.25, 0.3) is 0 Å². The van der Waals surface area contributed by atoms with Gasteiger partial charge in [0.1, 0.15) is 0 Å². The van der Waals surface area contributed by atoms with Crippen molar-refractivity contribution in [3.05, 3.63) is 0 Å². The van der Waals surface area contributed by atoms with Crippen molar-refractivity contribution in [2.45, 2.75) is 31.2 Å². The zero-order chi connectivity index (χ0) is 11.4. The summed E-state index contributed by atoms with van der Waals surface area (Å²) in [6, 6.07) is 0. The van der Waals surface area contributed by atoms with Gasteiger partial charge < -0.3 is 4.90 Å². The zero-order valence-corrected chi connectivity index (χ0v) is 11.4. The van der Waals surface area contributed by atoms with Gasteiger partial charge in [0.15, 0.2) is 0 Å². The second-order valence-corrected chi connectivity index (χ2v) is 6.86. The molecule has 0 aromatic rings. The van der Waals surface area contributed by atoms with Crippen LogP contribution in [0.15, 0.2) is 0 Å². The van der Waals surface area contributed by atoms with Crippen LogP contribution in [0.2, 0.25) is 0 Å². The van der Waals surface area contributed by atoms with Crippen molar-refractivity contribution in [3.8, 4) is 0 Å². The fraction of sp³-hybridized carbons (Fsp3) is 0.909. The van der Waals surface area contributed by atoms with Gasteiger partial charge in [0.25, 0.3) is 0 Å². The van der Waals surface area contributed by atoms with Crippen LogP contribution in [-0.4, -0.2) is 52.6 Å². The van der Waals surface area contributed by atoms with E-state index in [4.69, 9.17) is 0 Å². The van der Waals surface area contributed by atoms with E-state index >= 15 is 0 Å². The maximum Gasteiger partial charge on any atom is 0.237 e. The van der Waals surface area contributed by atoms with Crippen LogP contribution in [0.5, 0.6) is 0 Å². The lowest BCUT2D eigenvalue weighted by Crippen LogP contribution is -2.42. The number of carbonyl (C=O) groups is 1. The topological polar surface area (TPSA) is 32.3 Å². The van der Waals surface area contributed by atoms with Gasteiger partial charge in [-0.1, -0.05) is 13.3 Å². The lowest BCUT2D eigenvalue weighted by Gasteiger charge is -2.30. The largest absolute Gasteiger partial charge is 0.325 e. The molecule has 2 rings (SSSR count). The van der Waals surface area contributed by atoms with E-state index in [1.807, 2.05) is 23.5 Å². The van der Waals surface area contributed by atoms with Crippen LogP contribution >= 0.6 is 23.5 Å². The van der Waals surface area contributed by atoms with Gasteiger partial charge in [-0.05, 0) is 6.42 Å². The van der Waals surface area contributed by atoms with Crippen LogP contribution in [-0.2, 0) is 4.79 Å². The summed E-state index contributed by atoms with van der Waals surface area (Å²) < 4.78 is 0. The second kappa shape index (κ2) is 6.17. The van der Waals surface area contributed by atoms with Gasteiger partial charge in [0.05, 0.1) is 12.7 Å². The van der Waals surface area contributed by atoms with E-state index in [2.05, 4.69) is 17.1 Å². The molecule has 0 aliphatic carbocycles. The van der Waals surface area contributed by atoms with Crippen molar-refractivity contribution >= 4 is 29.4 Å². The predicted octanol–water partition coefficient (Wildman–Crippen LogP) is 1.39. The molecule has 0 aromatic heterocycles. The third-order valence-corrected chi connectivity index (χ3v) is 5.86. The van der Waals surface area contributed by atoms with Crippen molar-refractivity contribution < 1.29 is 4.79 Å². The SMILES string of the molecule is CCCC1NCC(=O)N1CC1CSCCS1. The molecule has 1 N–H and O–H groups in total. The first-order chi connectivity index (χ1) is 7.81. The molecule has 1 amide bonds. The fourth-order valence-corrected chi connectivity index (χ4v) is 4.88. The van der Waals surface area contributed by atoms with Crippen molar-refractivity contribution in [3.63, 3.8) is 0 Å². The summed E-state index contributed by atoms with van der Waals surface area (Å²) in [5.74, 6) is 4.00. The summed E-state index contributed by atoms with van der Waals surface area (Å²) in [7, 11) is 0. The number of nitrogens with zero attached hydrogens (tertiary/aromatic N) is 1. The molecule has 0 spiro atoms. The first-order valence-electron chi connectivity index (χ1n) is 6.03. The van der Waals surface area contributed by atoms with E-state index in [1.165, 1.54) is 17.3 Å². The molecule has 92 valence electrons. The molecule has 2 atom stereocenters. The lowest BCUT2D eigenvalue weighted by atomic mass is 10.2. The summed E-state index contributed by atoms with van der Waals surface area (Å²) >= 11 is 4.05. The molecule has 16 heavy (non-hydrogen) atoms. The molecule has 0 bridgehead atoms. The Morgan fingerprint density at radius 2 is 2.38 bits per heavy atom. The van der Waals surface area contributed by atoms with Crippen LogP contribution < -0.4 is 5.32 Å². The first kappa shape index (κ1) is 12.6. The molecular weight excluding hydrogens is 240 g/mol. The Morgan fingerprint density at radius 1 is 1.50 bits per heavy atom. The van der Waals surface area contributed by atoms with Gasteiger partial charge in [-0.3, -0.25) is 10.1 Å². The maximum absolute atomic E-state index is 11.8. The normalized spacial score (nSPS) is 31.1. The van der Waals surface area contributed by atoms with Crippen LogP contribution in [0.1, 0.15) is 19.8 Å². The van der Waals surface area contributed by atoms with Crippen molar-refractivity contribution in [2.24, 2.45) is 0 Å². The Balaban J connectivity index is 1.87. The van der Waals surface area contributed by atoms with E-state index in [1.54, 1.807) is 0 Å². The number of carbonyl (C=O) groups excluding carboxylic acids is 1. The quantitative estimate of drug-likeness (QED) is 0.828. The Kier molecular flexibility index (Phi) is 4.85. The van der Waals surface area contributed by atoms with Gasteiger partial charge in [-0.15, -0.1) is 0 Å². The molecule has 2 aliphatic rings. The van der Waals surface area contributed by atoms with Gasteiger partial charge in [-0.2, -0.15) is 23.5 Å². The van der Waals surface area contributed by atoms with E-state index in [-0.39, 0.29) is 5.91 Å². The average Bonchev–Trinajstić information content (AvgIpc) is 2.64. The van der Waals surface area contributed by atoms with Crippen molar-refractivity contribution in [1.82, 2.24) is 10.2 Å². The smallest absolute Gasteiger partial charge is 0.237 e. The molecule has 3 nitrogen and oxygen atoms in total. The second-order valence-electron chi connectivity index (χ2n) is 4.30. The summed E-state index contributed by atoms with van der Waals surface area (Å²) in [5.41, 5.74) is 0. The Morgan fingerprint density at radius 3 is 3.06 bits per heavy atom. The standard InChI is InChI=1S/C11H20N2OS2/c1-2-3-10-12-6-11(14)13(10)7-9-8-15-4-5-16-9/h9-10,12H,2-8H2,1H3. The Labute approximate surface area is 106 Å². The third-order valence-electron chi connectivity index (χ3n) is 3.03. The maximum atomic E-state index is 11.8. The highest BCUT2D eigenvalue weighted by atomic mass is 32.2. The monoisotopic (exact) mass is 260 g/mol. The number of rotatable bonds is 4. The minimum absolute atomic E-state index is 0.287. The first-order valence-corrected chi connectivity index (χ1v) is 8.23. The molecule has 2 fully saturated rings. The Bertz CT molecular complexity index is 244. The summed E-state index contributed by atoms with van der Waals surface area (Å²) in [4.78, 5) is 13.8. The van der Waals surface area contributed by atoms with Crippen molar-refractivity contribution in [1.29, 1.82) is 0 Å². The number of hydrogen-bond acceptors (Lipinski definition) is 4. The number of nitrogens with one attached hydrogen (secondary N) is 1. The molecule has 2 aliphatic heterocycles. The molecule has 0 saturated carbocycles. The third kappa shape index (κ3) is 3.08. The van der Waals surface area contributed by atoms with E-state index < -0.39 is 0 Å². The number of hydrogen-bond donors (Lipinski definition) is 1. The van der Waals surface area contributed by atoms with Gasteiger partial charge in [-0.25, -0.2) is 0 Å². The summed E-state index contributed by atoms with van der Waals surface area (Å²) in [5, 5.41) is 3.95. The lowest BCUT2D eigenvalue weighted by molar-refractivity contribution is -0.127. The average molecular weight is 260 g/mol. The Hall–Kier alpha value is 0.130. The van der Waals surface area contributed by atoms with Crippen LogP contribution in [0.3, 0.4) is 0 Å². The predicted molar refractivity (Wildman–Crippen MR) is 72.0 cm³/mol. The number of amides is 1. The minimum atomic E-state index is 0.287. The minimum Gasteiger partial charge on any atom is -0.325 e. The molecule has 0 radical (unpaired) electrons. The molecular formula is C11H20N2OS2. The molecule has 2 heterocycles. The zero-order valence-electron chi connectivity index (χ0n) is 9.78. The highest BCUT2D eigenvalue weighted by Gasteiger charge is 2.31. The fourth-order valence-electron chi connectivity index (χ4n) is 2.21. The van der Waals surface area contributed by atoms with Gasteiger partial charge in [0, 0.05) is 29.1 Å². The highest BCUT2D eigenvalue weighted by molar-refractivity contribution is 8.06. The van der Waals surface area contributed by atoms with E-state index in [9.17, 15) is 4.79 Å². The van der Waals surface area contributed by atoms with Crippen LogP contribution in [0, 0.1) is 0 Å². The summed E-state index contributed by atoms with van der Waals surface area (Å²) in [6.07, 6.45) is 2.51. The van der Waals surface area contributed by atoms with Gasteiger partial charge >= 0.3 is 0 Å². The molecule has 2 saturated heterocycles. The molecule has 2 unspecified atom stereocenters. The van der Waals surface area contributed by atoms with E-state index in [0.717, 1.165) is 19.4 Å².